The van der Waals surface area contributed by atoms with Crippen molar-refractivity contribution in [1.82, 2.24) is 15.1 Å². The quantitative estimate of drug-likeness (QED) is 0.830. The fourth-order valence-electron chi connectivity index (χ4n) is 2.90. The molecule has 0 amide bonds. The number of carbonyl (C=O) groups excluding carboxylic acids is 1. The second-order valence-corrected chi connectivity index (χ2v) is 6.03. The molecule has 4 heteroatoms. The van der Waals surface area contributed by atoms with Gasteiger partial charge in [0.15, 0.2) is 5.78 Å². The predicted molar refractivity (Wildman–Crippen MR) is 76.2 cm³/mol. The van der Waals surface area contributed by atoms with E-state index in [-0.39, 0.29) is 11.2 Å². The Morgan fingerprint density at radius 3 is 3.00 bits per heavy atom. The molecule has 0 radical (unpaired) electrons. The van der Waals surface area contributed by atoms with Gasteiger partial charge in [-0.2, -0.15) is 5.10 Å². The second-order valence-electron chi connectivity index (χ2n) is 6.03. The van der Waals surface area contributed by atoms with E-state index in [1.807, 2.05) is 10.7 Å². The van der Waals surface area contributed by atoms with Crippen LogP contribution in [0.25, 0.3) is 0 Å². The van der Waals surface area contributed by atoms with E-state index in [0.29, 0.717) is 5.92 Å². The number of hydrogen-bond acceptors (Lipinski definition) is 3. The van der Waals surface area contributed by atoms with Crippen LogP contribution in [-0.4, -0.2) is 28.7 Å². The Bertz CT molecular complexity index is 430. The number of aromatic nitrogens is 2. The Labute approximate surface area is 115 Å². The van der Waals surface area contributed by atoms with Crippen molar-refractivity contribution in [3.8, 4) is 0 Å². The molecule has 1 saturated heterocycles. The summed E-state index contributed by atoms with van der Waals surface area (Å²) in [5.74, 6) is 0.644. The van der Waals surface area contributed by atoms with Crippen LogP contribution in [0.15, 0.2) is 12.3 Å². The van der Waals surface area contributed by atoms with Crippen LogP contribution >= 0.6 is 0 Å². The van der Waals surface area contributed by atoms with Crippen LogP contribution in [0.5, 0.6) is 0 Å². The van der Waals surface area contributed by atoms with Gasteiger partial charge >= 0.3 is 0 Å². The van der Waals surface area contributed by atoms with Crippen LogP contribution in [-0.2, 0) is 6.54 Å². The van der Waals surface area contributed by atoms with Gasteiger partial charge in [0.05, 0.1) is 0 Å². The molecule has 0 saturated carbocycles. The lowest BCUT2D eigenvalue weighted by Crippen LogP contribution is -2.43. The highest BCUT2D eigenvalue weighted by molar-refractivity contribution is 5.98. The number of piperidine rings is 1. The average molecular weight is 263 g/mol. The lowest BCUT2D eigenvalue weighted by molar-refractivity contribution is 0.0696. The molecule has 0 aromatic carbocycles. The Kier molecular flexibility index (Phi) is 4.40. The highest BCUT2D eigenvalue weighted by Crippen LogP contribution is 2.35. The number of Topliss-reactive ketones (excluding diaryl/α,β-unsaturated/α-hetero) is 1. The zero-order valence-electron chi connectivity index (χ0n) is 12.3. The molecule has 1 unspecified atom stereocenters. The van der Waals surface area contributed by atoms with Crippen molar-refractivity contribution in [2.24, 2.45) is 11.3 Å². The van der Waals surface area contributed by atoms with Gasteiger partial charge in [0, 0.05) is 18.2 Å². The molecule has 0 bridgehead atoms. The number of ketones is 1. The van der Waals surface area contributed by atoms with E-state index in [2.05, 4.69) is 31.2 Å². The van der Waals surface area contributed by atoms with Gasteiger partial charge in [-0.3, -0.25) is 9.48 Å². The summed E-state index contributed by atoms with van der Waals surface area (Å²) < 4.78 is 1.85. The molecule has 1 fully saturated rings. The van der Waals surface area contributed by atoms with Gasteiger partial charge in [0.2, 0.25) is 0 Å². The van der Waals surface area contributed by atoms with E-state index in [0.717, 1.165) is 44.6 Å². The van der Waals surface area contributed by atoms with E-state index >= 15 is 0 Å². The summed E-state index contributed by atoms with van der Waals surface area (Å²) in [5, 5.41) is 7.67. The van der Waals surface area contributed by atoms with Crippen molar-refractivity contribution in [3.63, 3.8) is 0 Å². The molecule has 2 rings (SSSR count). The van der Waals surface area contributed by atoms with E-state index in [4.69, 9.17) is 0 Å². The highest BCUT2D eigenvalue weighted by Gasteiger charge is 2.38. The van der Waals surface area contributed by atoms with Crippen molar-refractivity contribution >= 4 is 5.78 Å². The summed E-state index contributed by atoms with van der Waals surface area (Å²) in [6.07, 6.45) is 5.02. The molecular weight excluding hydrogens is 238 g/mol. The summed E-state index contributed by atoms with van der Waals surface area (Å²) in [5.41, 5.74) is 0.441. The Balaban J connectivity index is 2.18. The third kappa shape index (κ3) is 2.89. The number of aryl methyl sites for hydroxylation is 1. The van der Waals surface area contributed by atoms with Crippen molar-refractivity contribution in [2.45, 2.75) is 46.6 Å². The largest absolute Gasteiger partial charge is 0.316 e. The van der Waals surface area contributed by atoms with Crippen LogP contribution in [0, 0.1) is 11.3 Å². The average Bonchev–Trinajstić information content (AvgIpc) is 2.87. The lowest BCUT2D eigenvalue weighted by atomic mass is 9.71. The SMILES string of the molecule is CCCn1nccc1C(=O)C(C)(C)C1CCCNC1. The summed E-state index contributed by atoms with van der Waals surface area (Å²) in [6, 6.07) is 1.86. The van der Waals surface area contributed by atoms with Gasteiger partial charge < -0.3 is 5.32 Å². The summed E-state index contributed by atoms with van der Waals surface area (Å²) in [4.78, 5) is 12.8. The minimum atomic E-state index is -0.320. The van der Waals surface area contributed by atoms with Crippen molar-refractivity contribution in [1.29, 1.82) is 0 Å². The molecule has 19 heavy (non-hydrogen) atoms. The van der Waals surface area contributed by atoms with Crippen LogP contribution < -0.4 is 5.32 Å². The minimum Gasteiger partial charge on any atom is -0.316 e. The minimum absolute atomic E-state index is 0.229. The first-order chi connectivity index (χ1) is 9.07. The molecule has 1 aromatic rings. The van der Waals surface area contributed by atoms with Gasteiger partial charge in [0.25, 0.3) is 0 Å². The molecule has 1 atom stereocenters. The highest BCUT2D eigenvalue weighted by atomic mass is 16.1. The first-order valence-corrected chi connectivity index (χ1v) is 7.34. The number of rotatable bonds is 5. The van der Waals surface area contributed by atoms with E-state index < -0.39 is 0 Å². The second kappa shape index (κ2) is 5.87. The predicted octanol–water partition coefficient (Wildman–Crippen LogP) is 2.50. The number of carbonyl (C=O) groups is 1. The standard InChI is InChI=1S/C15H25N3O/c1-4-10-18-13(7-9-17-18)14(19)15(2,3)12-6-5-8-16-11-12/h7,9,12,16H,4-6,8,10-11H2,1-3H3. The zero-order chi connectivity index (χ0) is 13.9. The zero-order valence-corrected chi connectivity index (χ0v) is 12.3. The van der Waals surface area contributed by atoms with Gasteiger partial charge in [-0.15, -0.1) is 0 Å². The number of nitrogens with zero attached hydrogens (tertiary/aromatic N) is 2. The van der Waals surface area contributed by atoms with E-state index in [9.17, 15) is 4.79 Å². The summed E-state index contributed by atoms with van der Waals surface area (Å²) in [7, 11) is 0. The van der Waals surface area contributed by atoms with Gasteiger partial charge in [-0.1, -0.05) is 20.8 Å². The third-order valence-corrected chi connectivity index (χ3v) is 4.29. The maximum Gasteiger partial charge on any atom is 0.186 e. The van der Waals surface area contributed by atoms with Crippen LogP contribution in [0.2, 0.25) is 0 Å². The van der Waals surface area contributed by atoms with Gasteiger partial charge in [-0.25, -0.2) is 0 Å². The Hall–Kier alpha value is -1.16. The number of hydrogen-bond donors (Lipinski definition) is 1. The van der Waals surface area contributed by atoms with Crippen LogP contribution in [0.1, 0.15) is 50.5 Å². The first kappa shape index (κ1) is 14.3. The topological polar surface area (TPSA) is 46.9 Å². The van der Waals surface area contributed by atoms with E-state index in [1.165, 1.54) is 0 Å². The molecule has 1 N–H and O–H groups in total. The van der Waals surface area contributed by atoms with Crippen molar-refractivity contribution < 1.29 is 4.79 Å². The van der Waals surface area contributed by atoms with Gasteiger partial charge in [0.1, 0.15) is 5.69 Å². The van der Waals surface area contributed by atoms with Crippen molar-refractivity contribution in [2.75, 3.05) is 13.1 Å². The maximum atomic E-state index is 12.8. The van der Waals surface area contributed by atoms with Crippen molar-refractivity contribution in [3.05, 3.63) is 18.0 Å². The van der Waals surface area contributed by atoms with Gasteiger partial charge in [-0.05, 0) is 44.3 Å². The summed E-state index contributed by atoms with van der Waals surface area (Å²) in [6.45, 7) is 9.10. The first-order valence-electron chi connectivity index (χ1n) is 7.34. The monoisotopic (exact) mass is 263 g/mol. The fraction of sp³-hybridized carbons (Fsp3) is 0.733. The summed E-state index contributed by atoms with van der Waals surface area (Å²) >= 11 is 0. The maximum absolute atomic E-state index is 12.8. The molecule has 106 valence electrons. The van der Waals surface area contributed by atoms with Crippen LogP contribution in [0.4, 0.5) is 0 Å². The smallest absolute Gasteiger partial charge is 0.186 e. The Morgan fingerprint density at radius 1 is 1.58 bits per heavy atom. The lowest BCUT2D eigenvalue weighted by Gasteiger charge is -2.36. The molecule has 1 aliphatic heterocycles. The molecule has 1 aliphatic rings. The fourth-order valence-corrected chi connectivity index (χ4v) is 2.90. The Morgan fingerprint density at radius 2 is 2.37 bits per heavy atom. The normalized spacial score (nSPS) is 20.5. The molecule has 2 heterocycles. The number of nitrogens with one attached hydrogen (secondary N) is 1. The molecular formula is C15H25N3O. The molecule has 0 aliphatic carbocycles. The molecule has 0 spiro atoms. The molecule has 4 nitrogen and oxygen atoms in total. The van der Waals surface area contributed by atoms with E-state index in [1.54, 1.807) is 6.20 Å². The molecule has 1 aromatic heterocycles. The van der Waals surface area contributed by atoms with Crippen LogP contribution in [0.3, 0.4) is 0 Å². The third-order valence-electron chi connectivity index (χ3n) is 4.29.